The Hall–Kier alpha value is -1.98. The van der Waals surface area contributed by atoms with Crippen molar-refractivity contribution >= 4 is 11.3 Å². The minimum Gasteiger partial charge on any atom is -0.339 e. The van der Waals surface area contributed by atoms with Gasteiger partial charge in [-0.1, -0.05) is 29.4 Å². The molecule has 5 heteroatoms. The minimum absolute atomic E-state index is 0.346. The highest BCUT2D eigenvalue weighted by atomic mass is 32.1. The maximum Gasteiger partial charge on any atom is 0.231 e. The second-order valence-corrected chi connectivity index (χ2v) is 6.90. The standard InChI is InChI=1S/C18H19N3OS/c1-13-4-2-3-5-16(13)17-19-18(22-20-17)15-6-8-21(11-15)10-14-7-9-23-12-14/h2-5,7,9,12,15H,6,8,10-11H2,1H3/t15-/m1/s1. The van der Waals surface area contributed by atoms with E-state index in [1.807, 2.05) is 18.2 Å². The number of nitrogens with zero attached hydrogens (tertiary/aromatic N) is 3. The molecule has 2 aromatic heterocycles. The highest BCUT2D eigenvalue weighted by Crippen LogP contribution is 2.29. The molecule has 1 aliphatic rings. The average Bonchev–Trinajstić information content (AvgIpc) is 3.29. The summed E-state index contributed by atoms with van der Waals surface area (Å²) >= 11 is 1.75. The molecule has 0 N–H and O–H groups in total. The third-order valence-corrected chi connectivity index (χ3v) is 5.17. The van der Waals surface area contributed by atoms with Gasteiger partial charge in [-0.25, -0.2) is 0 Å². The van der Waals surface area contributed by atoms with Crippen LogP contribution in [0.3, 0.4) is 0 Å². The van der Waals surface area contributed by atoms with Gasteiger partial charge in [0.25, 0.3) is 0 Å². The van der Waals surface area contributed by atoms with Crippen LogP contribution in [0, 0.1) is 6.92 Å². The molecule has 4 nitrogen and oxygen atoms in total. The lowest BCUT2D eigenvalue weighted by Gasteiger charge is -2.13. The van der Waals surface area contributed by atoms with Gasteiger partial charge in [-0.15, -0.1) is 0 Å². The lowest BCUT2D eigenvalue weighted by atomic mass is 10.1. The molecule has 0 amide bonds. The summed E-state index contributed by atoms with van der Waals surface area (Å²) in [6.07, 6.45) is 1.08. The summed E-state index contributed by atoms with van der Waals surface area (Å²) in [6.45, 7) is 5.16. The molecule has 23 heavy (non-hydrogen) atoms. The molecule has 118 valence electrons. The number of aryl methyl sites for hydroxylation is 1. The first-order valence-corrected chi connectivity index (χ1v) is 8.87. The smallest absolute Gasteiger partial charge is 0.231 e. The van der Waals surface area contributed by atoms with Gasteiger partial charge in [0.1, 0.15) is 0 Å². The Kier molecular flexibility index (Phi) is 3.97. The number of aromatic nitrogens is 2. The first-order valence-electron chi connectivity index (χ1n) is 7.92. The number of rotatable bonds is 4. The van der Waals surface area contributed by atoms with Gasteiger partial charge in [-0.3, -0.25) is 4.90 Å². The molecule has 1 fully saturated rings. The number of likely N-dealkylation sites (tertiary alicyclic amines) is 1. The molecule has 1 aromatic carbocycles. The summed E-state index contributed by atoms with van der Waals surface area (Å²) in [4.78, 5) is 7.12. The zero-order chi connectivity index (χ0) is 15.6. The topological polar surface area (TPSA) is 42.2 Å². The number of hydrogen-bond donors (Lipinski definition) is 0. The zero-order valence-corrected chi connectivity index (χ0v) is 13.9. The molecule has 1 atom stereocenters. The van der Waals surface area contributed by atoms with Crippen LogP contribution in [0.1, 0.15) is 29.4 Å². The first kappa shape index (κ1) is 14.6. The summed E-state index contributed by atoms with van der Waals surface area (Å²) < 4.78 is 5.56. The van der Waals surface area contributed by atoms with Crippen LogP contribution >= 0.6 is 11.3 Å². The maximum atomic E-state index is 5.56. The van der Waals surface area contributed by atoms with Crippen molar-refractivity contribution < 1.29 is 4.52 Å². The highest BCUT2D eigenvalue weighted by molar-refractivity contribution is 7.07. The lowest BCUT2D eigenvalue weighted by molar-refractivity contribution is 0.309. The number of thiophene rings is 1. The first-order chi connectivity index (χ1) is 11.3. The van der Waals surface area contributed by atoms with E-state index in [0.717, 1.165) is 37.5 Å². The summed E-state index contributed by atoms with van der Waals surface area (Å²) in [6, 6.07) is 10.3. The van der Waals surface area contributed by atoms with Gasteiger partial charge in [0, 0.05) is 18.7 Å². The Morgan fingerprint density at radius 2 is 2.22 bits per heavy atom. The van der Waals surface area contributed by atoms with Crippen LogP contribution in [0.4, 0.5) is 0 Å². The van der Waals surface area contributed by atoms with Crippen LogP contribution in [0.2, 0.25) is 0 Å². The molecule has 3 heterocycles. The van der Waals surface area contributed by atoms with Crippen molar-refractivity contribution in [1.82, 2.24) is 15.0 Å². The van der Waals surface area contributed by atoms with Crippen molar-refractivity contribution in [1.29, 1.82) is 0 Å². The summed E-state index contributed by atoms with van der Waals surface area (Å²) in [7, 11) is 0. The second kappa shape index (κ2) is 6.26. The van der Waals surface area contributed by atoms with Crippen LogP contribution < -0.4 is 0 Å². The molecule has 3 aromatic rings. The Morgan fingerprint density at radius 3 is 3.04 bits per heavy atom. The van der Waals surface area contributed by atoms with E-state index in [2.05, 4.69) is 44.9 Å². The highest BCUT2D eigenvalue weighted by Gasteiger charge is 2.28. The van der Waals surface area contributed by atoms with Crippen molar-refractivity contribution in [3.63, 3.8) is 0 Å². The lowest BCUT2D eigenvalue weighted by Crippen LogP contribution is -2.19. The Balaban J connectivity index is 1.47. The van der Waals surface area contributed by atoms with Gasteiger partial charge in [-0.2, -0.15) is 16.3 Å². The van der Waals surface area contributed by atoms with Crippen molar-refractivity contribution in [2.45, 2.75) is 25.8 Å². The maximum absolute atomic E-state index is 5.56. The SMILES string of the molecule is Cc1ccccc1-c1noc([C@@H]2CCN(Cc3ccsc3)C2)n1. The fourth-order valence-corrected chi connectivity index (χ4v) is 3.81. The molecule has 0 unspecified atom stereocenters. The Labute approximate surface area is 139 Å². The van der Waals surface area contributed by atoms with Gasteiger partial charge in [0.2, 0.25) is 11.7 Å². The van der Waals surface area contributed by atoms with Gasteiger partial charge in [0.05, 0.1) is 5.92 Å². The van der Waals surface area contributed by atoms with E-state index in [1.165, 1.54) is 11.1 Å². The van der Waals surface area contributed by atoms with Crippen molar-refractivity contribution in [3.05, 3.63) is 58.1 Å². The molecule has 0 bridgehead atoms. The van der Waals surface area contributed by atoms with Gasteiger partial charge >= 0.3 is 0 Å². The molecule has 0 aliphatic carbocycles. The van der Waals surface area contributed by atoms with Crippen molar-refractivity contribution in [2.24, 2.45) is 0 Å². The fourth-order valence-electron chi connectivity index (χ4n) is 3.15. The molecule has 0 radical (unpaired) electrons. The zero-order valence-electron chi connectivity index (χ0n) is 13.1. The summed E-state index contributed by atoms with van der Waals surface area (Å²) in [5.41, 5.74) is 3.61. The minimum atomic E-state index is 0.346. The molecular weight excluding hydrogens is 306 g/mol. The van der Waals surface area contributed by atoms with Crippen LogP contribution in [-0.4, -0.2) is 28.1 Å². The van der Waals surface area contributed by atoms with Gasteiger partial charge in [0.15, 0.2) is 0 Å². The largest absolute Gasteiger partial charge is 0.339 e. The molecule has 1 saturated heterocycles. The van der Waals surface area contributed by atoms with Crippen LogP contribution in [0.15, 0.2) is 45.6 Å². The van der Waals surface area contributed by atoms with Gasteiger partial charge < -0.3 is 4.52 Å². The normalized spacial score (nSPS) is 18.6. The predicted molar refractivity (Wildman–Crippen MR) is 91.4 cm³/mol. The molecular formula is C18H19N3OS. The molecule has 0 saturated carbocycles. The third-order valence-electron chi connectivity index (χ3n) is 4.44. The number of benzene rings is 1. The average molecular weight is 325 g/mol. The second-order valence-electron chi connectivity index (χ2n) is 6.12. The van der Waals surface area contributed by atoms with Crippen molar-refractivity contribution in [2.75, 3.05) is 13.1 Å². The fraction of sp³-hybridized carbons (Fsp3) is 0.333. The number of hydrogen-bond acceptors (Lipinski definition) is 5. The van der Waals surface area contributed by atoms with E-state index in [4.69, 9.17) is 4.52 Å². The van der Waals surface area contributed by atoms with E-state index in [0.29, 0.717) is 11.7 Å². The van der Waals surface area contributed by atoms with E-state index < -0.39 is 0 Å². The monoisotopic (exact) mass is 325 g/mol. The Bertz CT molecular complexity index is 781. The van der Waals surface area contributed by atoms with Crippen LogP contribution in [-0.2, 0) is 6.54 Å². The van der Waals surface area contributed by atoms with E-state index in [9.17, 15) is 0 Å². The van der Waals surface area contributed by atoms with E-state index in [-0.39, 0.29) is 0 Å². The molecule has 0 spiro atoms. The van der Waals surface area contributed by atoms with Crippen LogP contribution in [0.5, 0.6) is 0 Å². The van der Waals surface area contributed by atoms with Crippen LogP contribution in [0.25, 0.3) is 11.4 Å². The van der Waals surface area contributed by atoms with Gasteiger partial charge in [-0.05, 0) is 47.8 Å². The molecule has 4 rings (SSSR count). The van der Waals surface area contributed by atoms with Crippen molar-refractivity contribution in [3.8, 4) is 11.4 Å². The summed E-state index contributed by atoms with van der Waals surface area (Å²) in [5.74, 6) is 1.82. The van der Waals surface area contributed by atoms with E-state index >= 15 is 0 Å². The Morgan fingerprint density at radius 1 is 1.30 bits per heavy atom. The van der Waals surface area contributed by atoms with E-state index in [1.54, 1.807) is 11.3 Å². The molecule has 1 aliphatic heterocycles. The predicted octanol–water partition coefficient (Wildman–Crippen LogP) is 4.10. The summed E-state index contributed by atoms with van der Waals surface area (Å²) in [5, 5.41) is 8.54. The quantitative estimate of drug-likeness (QED) is 0.724. The third kappa shape index (κ3) is 3.07.